The Morgan fingerprint density at radius 2 is 2.06 bits per heavy atom. The van der Waals surface area contributed by atoms with Crippen LogP contribution in [0.25, 0.3) is 0 Å². The minimum atomic E-state index is -0.707. The lowest BCUT2D eigenvalue weighted by Crippen LogP contribution is -2.47. The molecule has 1 fully saturated rings. The van der Waals surface area contributed by atoms with Gasteiger partial charge in [-0.2, -0.15) is 0 Å². The number of aryl methyl sites for hydroxylation is 1. The third kappa shape index (κ3) is 3.20. The number of aliphatic carboxylic acids is 1. The molecule has 0 bridgehead atoms. The van der Waals surface area contributed by atoms with Gasteiger partial charge in [-0.15, -0.1) is 12.4 Å². The summed E-state index contributed by atoms with van der Waals surface area (Å²) in [4.78, 5) is 11.3. The summed E-state index contributed by atoms with van der Waals surface area (Å²) < 4.78 is 0. The topological polar surface area (TPSA) is 49.3 Å². The highest BCUT2D eigenvalue weighted by Crippen LogP contribution is 2.25. The molecule has 1 heterocycles. The van der Waals surface area contributed by atoms with Crippen LogP contribution >= 0.6 is 12.4 Å². The maximum atomic E-state index is 11.3. The lowest BCUT2D eigenvalue weighted by molar-refractivity contribution is -0.144. The fourth-order valence-corrected chi connectivity index (χ4v) is 2.31. The van der Waals surface area contributed by atoms with Crippen LogP contribution in [0.15, 0.2) is 30.3 Å². The van der Waals surface area contributed by atoms with Crippen molar-refractivity contribution in [3.8, 4) is 0 Å². The van der Waals surface area contributed by atoms with E-state index in [1.165, 1.54) is 5.56 Å². The Morgan fingerprint density at radius 1 is 1.35 bits per heavy atom. The van der Waals surface area contributed by atoms with Crippen LogP contribution in [-0.4, -0.2) is 23.2 Å². The number of carboxylic acid groups (broad SMARTS) is 1. The van der Waals surface area contributed by atoms with Gasteiger partial charge in [0.2, 0.25) is 0 Å². The summed E-state index contributed by atoms with van der Waals surface area (Å²) in [5, 5.41) is 12.4. The van der Waals surface area contributed by atoms with Crippen molar-refractivity contribution >= 4 is 18.4 Å². The van der Waals surface area contributed by atoms with Crippen molar-refractivity contribution in [1.82, 2.24) is 5.32 Å². The zero-order valence-corrected chi connectivity index (χ0v) is 10.5. The molecular weight excluding hydrogens is 238 g/mol. The van der Waals surface area contributed by atoms with Crippen molar-refractivity contribution in [1.29, 1.82) is 0 Å². The Balaban J connectivity index is 0.00000144. The molecule has 1 aromatic rings. The average molecular weight is 256 g/mol. The monoisotopic (exact) mass is 255 g/mol. The molecule has 0 spiro atoms. The van der Waals surface area contributed by atoms with Crippen LogP contribution in [0.2, 0.25) is 0 Å². The minimum Gasteiger partial charge on any atom is -0.480 e. The number of carbonyl (C=O) groups is 1. The van der Waals surface area contributed by atoms with Gasteiger partial charge in [0.1, 0.15) is 5.54 Å². The number of rotatable bonds is 4. The quantitative estimate of drug-likeness (QED) is 0.868. The van der Waals surface area contributed by atoms with Crippen molar-refractivity contribution in [2.24, 2.45) is 0 Å². The van der Waals surface area contributed by atoms with Crippen LogP contribution < -0.4 is 5.32 Å². The lowest BCUT2D eigenvalue weighted by Gasteiger charge is -2.24. The first-order valence-corrected chi connectivity index (χ1v) is 5.75. The normalized spacial score (nSPS) is 23.1. The van der Waals surface area contributed by atoms with Gasteiger partial charge in [-0.05, 0) is 37.8 Å². The van der Waals surface area contributed by atoms with Crippen LogP contribution in [0.5, 0.6) is 0 Å². The van der Waals surface area contributed by atoms with Crippen molar-refractivity contribution in [3.63, 3.8) is 0 Å². The van der Waals surface area contributed by atoms with E-state index in [1.54, 1.807) is 0 Å². The van der Waals surface area contributed by atoms with Crippen LogP contribution in [-0.2, 0) is 11.2 Å². The summed E-state index contributed by atoms with van der Waals surface area (Å²) in [7, 11) is 0. The molecule has 0 aliphatic carbocycles. The Hall–Kier alpha value is -1.06. The zero-order chi connectivity index (χ0) is 11.4. The number of hydrogen-bond acceptors (Lipinski definition) is 2. The molecular formula is C13H18ClNO2. The largest absolute Gasteiger partial charge is 0.480 e. The molecule has 1 atom stereocenters. The number of benzene rings is 1. The smallest absolute Gasteiger partial charge is 0.323 e. The molecule has 1 aliphatic rings. The Kier molecular flexibility index (Phi) is 4.97. The molecule has 17 heavy (non-hydrogen) atoms. The Bertz CT molecular complexity index is 361. The molecule has 1 aromatic carbocycles. The van der Waals surface area contributed by atoms with Gasteiger partial charge >= 0.3 is 5.97 Å². The third-order valence-electron chi connectivity index (χ3n) is 3.34. The number of hydrogen-bond donors (Lipinski definition) is 2. The van der Waals surface area contributed by atoms with E-state index >= 15 is 0 Å². The summed E-state index contributed by atoms with van der Waals surface area (Å²) in [6, 6.07) is 10.1. The SMILES string of the molecule is Cl.O=C(O)C1(CCc2ccccc2)CCCN1. The molecule has 3 nitrogen and oxygen atoms in total. The van der Waals surface area contributed by atoms with Crippen LogP contribution in [0, 0.1) is 0 Å². The predicted octanol–water partition coefficient (Wildman–Crippen LogP) is 2.25. The number of halogens is 1. The molecule has 94 valence electrons. The fourth-order valence-electron chi connectivity index (χ4n) is 2.31. The van der Waals surface area contributed by atoms with Gasteiger partial charge in [-0.25, -0.2) is 0 Å². The zero-order valence-electron chi connectivity index (χ0n) is 9.69. The molecule has 1 aliphatic heterocycles. The average Bonchev–Trinajstić information content (AvgIpc) is 2.78. The van der Waals surface area contributed by atoms with E-state index in [9.17, 15) is 9.90 Å². The predicted molar refractivity (Wildman–Crippen MR) is 69.6 cm³/mol. The van der Waals surface area contributed by atoms with Gasteiger partial charge in [0, 0.05) is 0 Å². The standard InChI is InChI=1S/C13H17NO2.ClH/c15-12(16)13(8-4-10-14-13)9-7-11-5-2-1-3-6-11;/h1-3,5-6,14H,4,7-10H2,(H,15,16);1H. The van der Waals surface area contributed by atoms with Crippen molar-refractivity contribution < 1.29 is 9.90 Å². The summed E-state index contributed by atoms with van der Waals surface area (Å²) in [5.41, 5.74) is 0.521. The van der Waals surface area contributed by atoms with E-state index in [0.29, 0.717) is 6.42 Å². The molecule has 0 aromatic heterocycles. The second-order valence-electron chi connectivity index (χ2n) is 4.40. The van der Waals surface area contributed by atoms with E-state index in [0.717, 1.165) is 25.8 Å². The van der Waals surface area contributed by atoms with Crippen molar-refractivity contribution in [2.75, 3.05) is 6.54 Å². The molecule has 1 saturated heterocycles. The lowest BCUT2D eigenvalue weighted by atomic mass is 9.90. The van der Waals surface area contributed by atoms with Gasteiger partial charge in [0.25, 0.3) is 0 Å². The summed E-state index contributed by atoms with van der Waals surface area (Å²) in [6.07, 6.45) is 3.20. The third-order valence-corrected chi connectivity index (χ3v) is 3.34. The Labute approximate surface area is 108 Å². The first-order valence-electron chi connectivity index (χ1n) is 5.75. The van der Waals surface area contributed by atoms with Gasteiger partial charge in [0.15, 0.2) is 0 Å². The molecule has 0 radical (unpaired) electrons. The van der Waals surface area contributed by atoms with Crippen LogP contribution in [0.3, 0.4) is 0 Å². The summed E-state index contributed by atoms with van der Waals surface area (Å²) in [5.74, 6) is -0.707. The van der Waals surface area contributed by atoms with Crippen LogP contribution in [0.4, 0.5) is 0 Å². The molecule has 0 amide bonds. The molecule has 1 unspecified atom stereocenters. The van der Waals surface area contributed by atoms with Gasteiger partial charge in [-0.1, -0.05) is 30.3 Å². The van der Waals surface area contributed by atoms with Gasteiger partial charge in [-0.3, -0.25) is 4.79 Å². The van der Waals surface area contributed by atoms with Gasteiger partial charge < -0.3 is 10.4 Å². The summed E-state index contributed by atoms with van der Waals surface area (Å²) in [6.45, 7) is 0.821. The van der Waals surface area contributed by atoms with Crippen molar-refractivity contribution in [3.05, 3.63) is 35.9 Å². The Morgan fingerprint density at radius 3 is 2.59 bits per heavy atom. The number of carboxylic acids is 1. The molecule has 2 N–H and O–H groups in total. The molecule has 2 rings (SSSR count). The fraction of sp³-hybridized carbons (Fsp3) is 0.462. The maximum absolute atomic E-state index is 11.3. The van der Waals surface area contributed by atoms with E-state index in [2.05, 4.69) is 5.32 Å². The highest BCUT2D eigenvalue weighted by molar-refractivity contribution is 5.85. The first-order chi connectivity index (χ1) is 7.73. The highest BCUT2D eigenvalue weighted by Gasteiger charge is 2.40. The second-order valence-corrected chi connectivity index (χ2v) is 4.40. The maximum Gasteiger partial charge on any atom is 0.323 e. The van der Waals surface area contributed by atoms with Crippen molar-refractivity contribution in [2.45, 2.75) is 31.2 Å². The minimum absolute atomic E-state index is 0. The molecule has 0 saturated carbocycles. The van der Waals surface area contributed by atoms with E-state index in [4.69, 9.17) is 0 Å². The number of nitrogens with one attached hydrogen (secondary N) is 1. The van der Waals surface area contributed by atoms with E-state index in [-0.39, 0.29) is 12.4 Å². The van der Waals surface area contributed by atoms with E-state index in [1.807, 2.05) is 30.3 Å². The molecule has 4 heteroatoms. The highest BCUT2D eigenvalue weighted by atomic mass is 35.5. The van der Waals surface area contributed by atoms with E-state index < -0.39 is 11.5 Å². The first kappa shape index (κ1) is 14.0. The second kappa shape index (κ2) is 6.03. The van der Waals surface area contributed by atoms with Crippen LogP contribution in [0.1, 0.15) is 24.8 Å². The summed E-state index contributed by atoms with van der Waals surface area (Å²) >= 11 is 0. The van der Waals surface area contributed by atoms with Gasteiger partial charge in [0.05, 0.1) is 0 Å².